The van der Waals surface area contributed by atoms with Gasteiger partial charge in [0.25, 0.3) is 5.78 Å². The van der Waals surface area contributed by atoms with Crippen molar-refractivity contribution in [1.82, 2.24) is 10.6 Å². The van der Waals surface area contributed by atoms with Crippen LogP contribution < -0.4 is 10.6 Å². The summed E-state index contributed by atoms with van der Waals surface area (Å²) in [6.45, 7) is 2.70. The van der Waals surface area contributed by atoms with Gasteiger partial charge < -0.3 is 10.6 Å². The van der Waals surface area contributed by atoms with Crippen LogP contribution in [0.3, 0.4) is 0 Å². The van der Waals surface area contributed by atoms with Gasteiger partial charge in [0.1, 0.15) is 17.7 Å². The first kappa shape index (κ1) is 26.0. The molecule has 178 valence electrons. The number of carbonyl (C=O) groups excluding carboxylic acids is 3. The summed E-state index contributed by atoms with van der Waals surface area (Å²) in [5.41, 5.74) is 0.501. The SMILES string of the molecule is CC(C)[C@H](NC(=O)C(NC(=O)CCc1cc(F)cc(F)c1)c1ccccc1)C(=O)C(F)(F)F. The van der Waals surface area contributed by atoms with E-state index in [1.54, 1.807) is 18.2 Å². The number of nitrogens with one attached hydrogen (secondary N) is 2. The topological polar surface area (TPSA) is 75.3 Å². The molecule has 33 heavy (non-hydrogen) atoms. The molecule has 2 aromatic carbocycles. The van der Waals surface area contributed by atoms with Gasteiger partial charge in [-0.25, -0.2) is 8.78 Å². The maximum Gasteiger partial charge on any atom is 0.452 e. The number of ketones is 1. The molecular weight excluding hydrogens is 447 g/mol. The fourth-order valence-electron chi connectivity index (χ4n) is 3.14. The fourth-order valence-corrected chi connectivity index (χ4v) is 3.14. The monoisotopic (exact) mass is 470 g/mol. The molecule has 1 unspecified atom stereocenters. The first-order valence-corrected chi connectivity index (χ1v) is 10.1. The Labute approximate surface area is 187 Å². The maximum atomic E-state index is 13.3. The minimum absolute atomic E-state index is 0.0369. The highest BCUT2D eigenvalue weighted by Crippen LogP contribution is 2.22. The summed E-state index contributed by atoms with van der Waals surface area (Å²) >= 11 is 0. The number of benzene rings is 2. The summed E-state index contributed by atoms with van der Waals surface area (Å²) in [5.74, 6) is -6.24. The van der Waals surface area contributed by atoms with Crippen molar-refractivity contribution in [3.8, 4) is 0 Å². The predicted octanol–water partition coefficient (Wildman–Crippen LogP) is 4.03. The molecule has 0 spiro atoms. The van der Waals surface area contributed by atoms with E-state index < -0.39 is 53.4 Å². The number of amides is 2. The molecule has 2 amide bonds. The van der Waals surface area contributed by atoms with E-state index in [0.29, 0.717) is 6.07 Å². The third kappa shape index (κ3) is 7.65. The van der Waals surface area contributed by atoms with Gasteiger partial charge in [-0.1, -0.05) is 44.2 Å². The Kier molecular flexibility index (Phi) is 8.67. The molecule has 0 radical (unpaired) electrons. The molecule has 2 rings (SSSR count). The lowest BCUT2D eigenvalue weighted by molar-refractivity contribution is -0.175. The highest BCUT2D eigenvalue weighted by atomic mass is 19.4. The second-order valence-corrected chi connectivity index (χ2v) is 7.78. The molecule has 2 N–H and O–H groups in total. The lowest BCUT2D eigenvalue weighted by Crippen LogP contribution is -2.52. The van der Waals surface area contributed by atoms with Crippen molar-refractivity contribution in [3.63, 3.8) is 0 Å². The van der Waals surface area contributed by atoms with Crippen LogP contribution >= 0.6 is 0 Å². The summed E-state index contributed by atoms with van der Waals surface area (Å²) in [7, 11) is 0. The van der Waals surface area contributed by atoms with Gasteiger partial charge in [0, 0.05) is 12.5 Å². The molecule has 0 bridgehead atoms. The van der Waals surface area contributed by atoms with Crippen LogP contribution in [0.25, 0.3) is 0 Å². The third-order valence-corrected chi connectivity index (χ3v) is 4.79. The smallest absolute Gasteiger partial charge is 0.344 e. The van der Waals surface area contributed by atoms with Crippen LogP contribution in [0.1, 0.15) is 37.4 Å². The zero-order chi connectivity index (χ0) is 24.8. The molecule has 0 aliphatic heterocycles. The van der Waals surface area contributed by atoms with Crippen molar-refractivity contribution >= 4 is 17.6 Å². The van der Waals surface area contributed by atoms with E-state index in [-0.39, 0.29) is 24.0 Å². The van der Waals surface area contributed by atoms with E-state index >= 15 is 0 Å². The van der Waals surface area contributed by atoms with E-state index in [1.165, 1.54) is 26.0 Å². The predicted molar refractivity (Wildman–Crippen MR) is 110 cm³/mol. The Morgan fingerprint density at radius 1 is 0.909 bits per heavy atom. The molecule has 0 saturated carbocycles. The molecule has 0 aliphatic rings. The number of carbonyl (C=O) groups is 3. The van der Waals surface area contributed by atoms with Gasteiger partial charge in [-0.15, -0.1) is 0 Å². The minimum Gasteiger partial charge on any atom is -0.344 e. The quantitative estimate of drug-likeness (QED) is 0.544. The van der Waals surface area contributed by atoms with Crippen molar-refractivity contribution in [2.75, 3.05) is 0 Å². The molecule has 0 aromatic heterocycles. The first-order valence-electron chi connectivity index (χ1n) is 10.1. The van der Waals surface area contributed by atoms with E-state index in [4.69, 9.17) is 0 Å². The number of halogens is 5. The molecule has 0 aliphatic carbocycles. The Bertz CT molecular complexity index is 973. The van der Waals surface area contributed by atoms with E-state index in [9.17, 15) is 36.3 Å². The van der Waals surface area contributed by atoms with Crippen molar-refractivity contribution < 1.29 is 36.3 Å². The van der Waals surface area contributed by atoms with Crippen LogP contribution in [-0.4, -0.2) is 29.8 Å². The normalized spacial score (nSPS) is 13.3. The summed E-state index contributed by atoms with van der Waals surface area (Å²) in [5, 5.41) is 4.52. The minimum atomic E-state index is -5.14. The number of aryl methyl sites for hydroxylation is 1. The van der Waals surface area contributed by atoms with Crippen LogP contribution in [0.4, 0.5) is 22.0 Å². The second kappa shape index (κ2) is 11.0. The van der Waals surface area contributed by atoms with Crippen molar-refractivity contribution in [3.05, 3.63) is 71.3 Å². The van der Waals surface area contributed by atoms with Crippen molar-refractivity contribution in [1.29, 1.82) is 0 Å². The van der Waals surface area contributed by atoms with Gasteiger partial charge in [0.2, 0.25) is 11.8 Å². The number of Topliss-reactive ketones (excluding diaryl/α,β-unsaturated/α-hetero) is 1. The van der Waals surface area contributed by atoms with Gasteiger partial charge in [-0.05, 0) is 35.6 Å². The highest BCUT2D eigenvalue weighted by molar-refractivity contribution is 5.95. The molecular formula is C23H23F5N2O3. The van der Waals surface area contributed by atoms with E-state index in [1.807, 2.05) is 0 Å². The average molecular weight is 470 g/mol. The molecule has 10 heteroatoms. The molecule has 0 saturated heterocycles. The lowest BCUT2D eigenvalue weighted by Gasteiger charge is -2.26. The molecule has 0 fully saturated rings. The standard InChI is InChI=1S/C23H23F5N2O3/c1-13(2)19(21(32)23(26,27)28)30-22(33)20(15-6-4-3-5-7-15)29-18(31)9-8-14-10-16(24)12-17(25)11-14/h3-7,10-13,19-20H,8-9H2,1-2H3,(H,29,31)(H,30,33)/t19-,20?/m0/s1. The Morgan fingerprint density at radius 3 is 2.00 bits per heavy atom. The van der Waals surface area contributed by atoms with E-state index in [2.05, 4.69) is 10.6 Å². The zero-order valence-electron chi connectivity index (χ0n) is 17.9. The summed E-state index contributed by atoms with van der Waals surface area (Å²) in [6, 6.07) is 7.35. The van der Waals surface area contributed by atoms with Crippen LogP contribution in [0.15, 0.2) is 48.5 Å². The van der Waals surface area contributed by atoms with Gasteiger partial charge in [-0.3, -0.25) is 14.4 Å². The third-order valence-electron chi connectivity index (χ3n) is 4.79. The molecule has 5 nitrogen and oxygen atoms in total. The Morgan fingerprint density at radius 2 is 1.48 bits per heavy atom. The first-order chi connectivity index (χ1) is 15.4. The van der Waals surface area contributed by atoms with Crippen LogP contribution in [0.5, 0.6) is 0 Å². The lowest BCUT2D eigenvalue weighted by atomic mass is 9.98. The van der Waals surface area contributed by atoms with Gasteiger partial charge in [0.05, 0.1) is 6.04 Å². The summed E-state index contributed by atoms with van der Waals surface area (Å²) in [6.07, 6.45) is -5.42. The average Bonchev–Trinajstić information content (AvgIpc) is 2.72. The highest BCUT2D eigenvalue weighted by Gasteiger charge is 2.45. The van der Waals surface area contributed by atoms with Crippen molar-refractivity contribution in [2.45, 2.75) is 44.9 Å². The van der Waals surface area contributed by atoms with Crippen molar-refractivity contribution in [2.24, 2.45) is 5.92 Å². The second-order valence-electron chi connectivity index (χ2n) is 7.78. The fraction of sp³-hybridized carbons (Fsp3) is 0.348. The number of alkyl halides is 3. The van der Waals surface area contributed by atoms with E-state index in [0.717, 1.165) is 12.1 Å². The number of hydrogen-bond acceptors (Lipinski definition) is 3. The summed E-state index contributed by atoms with van der Waals surface area (Å²) in [4.78, 5) is 37.1. The van der Waals surface area contributed by atoms with Gasteiger partial charge in [0.15, 0.2) is 0 Å². The van der Waals surface area contributed by atoms with Crippen LogP contribution in [-0.2, 0) is 20.8 Å². The number of hydrogen-bond donors (Lipinski definition) is 2. The Balaban J connectivity index is 2.18. The van der Waals surface area contributed by atoms with Crippen LogP contribution in [0.2, 0.25) is 0 Å². The van der Waals surface area contributed by atoms with Crippen LogP contribution in [0, 0.1) is 17.6 Å². The molecule has 2 aromatic rings. The van der Waals surface area contributed by atoms with Gasteiger partial charge in [-0.2, -0.15) is 13.2 Å². The Hall–Kier alpha value is -3.30. The molecule has 2 atom stereocenters. The number of rotatable bonds is 9. The molecule has 0 heterocycles. The van der Waals surface area contributed by atoms with Gasteiger partial charge >= 0.3 is 6.18 Å². The maximum absolute atomic E-state index is 13.3. The summed E-state index contributed by atoms with van der Waals surface area (Å²) < 4.78 is 65.5. The zero-order valence-corrected chi connectivity index (χ0v) is 17.9. The largest absolute Gasteiger partial charge is 0.452 e.